The molecule has 1 aliphatic heterocycles. The van der Waals surface area contributed by atoms with Crippen LogP contribution in [0, 0.1) is 5.92 Å². The summed E-state index contributed by atoms with van der Waals surface area (Å²) in [6, 6.07) is 6.28. The summed E-state index contributed by atoms with van der Waals surface area (Å²) >= 11 is 0. The number of rotatable bonds is 7. The van der Waals surface area contributed by atoms with Gasteiger partial charge in [-0.15, -0.1) is 0 Å². The third-order valence-corrected chi connectivity index (χ3v) is 6.79. The van der Waals surface area contributed by atoms with Gasteiger partial charge in [0.05, 0.1) is 17.8 Å². The van der Waals surface area contributed by atoms with Crippen molar-refractivity contribution in [3.63, 3.8) is 0 Å². The first-order valence-corrected chi connectivity index (χ1v) is 11.2. The monoisotopic (exact) mass is 376 g/mol. The summed E-state index contributed by atoms with van der Waals surface area (Å²) in [6.45, 7) is 3.58. The van der Waals surface area contributed by atoms with Gasteiger partial charge >= 0.3 is 0 Å². The Morgan fingerprint density at radius 1 is 1.12 bits per heavy atom. The maximum atomic E-state index is 12.3. The van der Waals surface area contributed by atoms with Crippen LogP contribution in [0.1, 0.15) is 19.8 Å². The summed E-state index contributed by atoms with van der Waals surface area (Å²) in [4.78, 5) is 0.194. The Morgan fingerprint density at radius 2 is 1.71 bits per heavy atom. The smallest absolute Gasteiger partial charge is 0.240 e. The van der Waals surface area contributed by atoms with Gasteiger partial charge in [-0.2, -0.15) is 0 Å². The van der Waals surface area contributed by atoms with E-state index in [9.17, 15) is 16.8 Å². The first-order valence-electron chi connectivity index (χ1n) is 7.90. The van der Waals surface area contributed by atoms with Gasteiger partial charge in [-0.05, 0) is 49.9 Å². The van der Waals surface area contributed by atoms with Crippen molar-refractivity contribution >= 4 is 20.0 Å². The molecule has 0 spiro atoms. The quantitative estimate of drug-likeness (QED) is 0.767. The molecule has 0 radical (unpaired) electrons. The van der Waals surface area contributed by atoms with Crippen LogP contribution < -0.4 is 9.46 Å². The van der Waals surface area contributed by atoms with E-state index < -0.39 is 20.0 Å². The van der Waals surface area contributed by atoms with E-state index >= 15 is 0 Å². The van der Waals surface area contributed by atoms with Crippen molar-refractivity contribution in [1.82, 2.24) is 9.03 Å². The van der Waals surface area contributed by atoms with Crippen molar-refractivity contribution in [2.75, 3.05) is 32.5 Å². The number of piperidine rings is 1. The molecule has 1 aromatic rings. The minimum atomic E-state index is -3.57. The van der Waals surface area contributed by atoms with Crippen molar-refractivity contribution in [1.29, 1.82) is 0 Å². The lowest BCUT2D eigenvalue weighted by molar-refractivity contribution is 0.275. The average molecular weight is 377 g/mol. The summed E-state index contributed by atoms with van der Waals surface area (Å²) in [5.74, 6) is 0.769. The standard InChI is InChI=1S/C15H24N2O5S2/c1-3-22-14-4-6-15(7-5-14)24(20,21)16-12-13-8-10-17(11-9-13)23(2,18)19/h4-7,13,16H,3,8-12H2,1-2H3. The zero-order chi connectivity index (χ0) is 17.8. The Balaban J connectivity index is 1.89. The van der Waals surface area contributed by atoms with Crippen LogP contribution in [0.5, 0.6) is 5.75 Å². The Morgan fingerprint density at radius 3 is 2.21 bits per heavy atom. The van der Waals surface area contributed by atoms with Gasteiger partial charge in [0.1, 0.15) is 5.75 Å². The van der Waals surface area contributed by atoms with E-state index in [1.165, 1.54) is 22.7 Å². The van der Waals surface area contributed by atoms with Crippen LogP contribution in [-0.4, -0.2) is 53.6 Å². The van der Waals surface area contributed by atoms with Gasteiger partial charge in [-0.25, -0.2) is 25.9 Å². The first-order chi connectivity index (χ1) is 11.2. The maximum absolute atomic E-state index is 12.3. The molecule has 1 saturated heterocycles. The molecule has 136 valence electrons. The summed E-state index contributed by atoms with van der Waals surface area (Å²) in [7, 11) is -6.73. The second kappa shape index (κ2) is 7.81. The predicted molar refractivity (Wildman–Crippen MR) is 91.9 cm³/mol. The third-order valence-electron chi connectivity index (χ3n) is 4.05. The normalized spacial score (nSPS) is 17.8. The fourth-order valence-corrected chi connectivity index (χ4v) is 4.63. The van der Waals surface area contributed by atoms with E-state index in [0.29, 0.717) is 44.8 Å². The molecule has 0 amide bonds. The fraction of sp³-hybridized carbons (Fsp3) is 0.600. The number of hydrogen-bond donors (Lipinski definition) is 1. The largest absolute Gasteiger partial charge is 0.494 e. The Hall–Kier alpha value is -1.16. The molecule has 1 fully saturated rings. The lowest BCUT2D eigenvalue weighted by Gasteiger charge is -2.30. The molecular formula is C15H24N2O5S2. The van der Waals surface area contributed by atoms with Crippen LogP contribution in [0.3, 0.4) is 0 Å². The zero-order valence-electron chi connectivity index (χ0n) is 13.9. The van der Waals surface area contributed by atoms with E-state index in [-0.39, 0.29) is 10.8 Å². The van der Waals surface area contributed by atoms with Crippen LogP contribution in [0.2, 0.25) is 0 Å². The van der Waals surface area contributed by atoms with Crippen LogP contribution >= 0.6 is 0 Å². The molecule has 0 bridgehead atoms. The van der Waals surface area contributed by atoms with E-state index in [1.807, 2.05) is 6.92 Å². The minimum Gasteiger partial charge on any atom is -0.494 e. The van der Waals surface area contributed by atoms with E-state index in [2.05, 4.69) is 4.72 Å². The molecule has 0 atom stereocenters. The van der Waals surface area contributed by atoms with Gasteiger partial charge in [0.25, 0.3) is 0 Å². The summed E-state index contributed by atoms with van der Waals surface area (Å²) < 4.78 is 56.9. The number of nitrogens with one attached hydrogen (secondary N) is 1. The highest BCUT2D eigenvalue weighted by atomic mass is 32.2. The zero-order valence-corrected chi connectivity index (χ0v) is 15.6. The van der Waals surface area contributed by atoms with Gasteiger partial charge in [-0.1, -0.05) is 0 Å². The highest BCUT2D eigenvalue weighted by Gasteiger charge is 2.26. The third kappa shape index (κ3) is 5.17. The number of hydrogen-bond acceptors (Lipinski definition) is 5. The highest BCUT2D eigenvalue weighted by molar-refractivity contribution is 7.89. The van der Waals surface area contributed by atoms with Crippen LogP contribution in [0.4, 0.5) is 0 Å². The Labute approximate surface area is 144 Å². The Kier molecular flexibility index (Phi) is 6.24. The maximum Gasteiger partial charge on any atom is 0.240 e. The van der Waals surface area contributed by atoms with E-state index in [4.69, 9.17) is 4.74 Å². The molecule has 1 heterocycles. The van der Waals surface area contributed by atoms with Gasteiger partial charge < -0.3 is 4.74 Å². The second-order valence-electron chi connectivity index (χ2n) is 5.86. The molecule has 24 heavy (non-hydrogen) atoms. The van der Waals surface area contributed by atoms with Gasteiger partial charge in [0, 0.05) is 19.6 Å². The van der Waals surface area contributed by atoms with Crippen molar-refractivity contribution in [3.8, 4) is 5.75 Å². The SMILES string of the molecule is CCOc1ccc(S(=O)(=O)NCC2CCN(S(C)(=O)=O)CC2)cc1. The molecule has 0 aliphatic carbocycles. The van der Waals surface area contributed by atoms with Crippen molar-refractivity contribution in [2.45, 2.75) is 24.7 Å². The lowest BCUT2D eigenvalue weighted by atomic mass is 9.99. The minimum absolute atomic E-state index is 0.139. The highest BCUT2D eigenvalue weighted by Crippen LogP contribution is 2.20. The van der Waals surface area contributed by atoms with E-state index in [0.717, 1.165) is 0 Å². The molecule has 0 saturated carbocycles. The van der Waals surface area contributed by atoms with Gasteiger partial charge in [0.2, 0.25) is 20.0 Å². The Bertz CT molecular complexity index is 737. The summed E-state index contributed by atoms with van der Waals surface area (Å²) in [5, 5.41) is 0. The first kappa shape index (κ1) is 19.2. The van der Waals surface area contributed by atoms with E-state index in [1.54, 1.807) is 12.1 Å². The lowest BCUT2D eigenvalue weighted by Crippen LogP contribution is -2.41. The second-order valence-corrected chi connectivity index (χ2v) is 9.61. The van der Waals surface area contributed by atoms with Crippen LogP contribution in [0.15, 0.2) is 29.2 Å². The number of sulfonamides is 2. The molecule has 7 nitrogen and oxygen atoms in total. The molecule has 0 aromatic heterocycles. The molecule has 0 unspecified atom stereocenters. The number of nitrogens with zero attached hydrogens (tertiary/aromatic N) is 1. The van der Waals surface area contributed by atoms with Crippen LogP contribution in [0.25, 0.3) is 0 Å². The summed E-state index contributed by atoms with van der Waals surface area (Å²) in [5.41, 5.74) is 0. The van der Waals surface area contributed by atoms with Crippen molar-refractivity contribution in [2.24, 2.45) is 5.92 Å². The predicted octanol–water partition coefficient (Wildman–Crippen LogP) is 1.04. The average Bonchev–Trinajstić information content (AvgIpc) is 2.53. The molecule has 1 aromatic carbocycles. The molecule has 2 rings (SSSR count). The van der Waals surface area contributed by atoms with Gasteiger partial charge in [-0.3, -0.25) is 0 Å². The topological polar surface area (TPSA) is 92.8 Å². The molecular weight excluding hydrogens is 352 g/mol. The van der Waals surface area contributed by atoms with Crippen molar-refractivity contribution < 1.29 is 21.6 Å². The van der Waals surface area contributed by atoms with Gasteiger partial charge in [0.15, 0.2) is 0 Å². The van der Waals surface area contributed by atoms with Crippen LogP contribution in [-0.2, 0) is 20.0 Å². The molecule has 1 aliphatic rings. The summed E-state index contributed by atoms with van der Waals surface area (Å²) in [6.07, 6.45) is 2.50. The number of benzene rings is 1. The number of ether oxygens (including phenoxy) is 1. The molecule has 1 N–H and O–H groups in total. The fourth-order valence-electron chi connectivity index (χ4n) is 2.64. The van der Waals surface area contributed by atoms with Crippen molar-refractivity contribution in [3.05, 3.63) is 24.3 Å². The molecule has 9 heteroatoms.